The number of ether oxygens (including phenoxy) is 1. The third kappa shape index (κ3) is 2.59. The minimum Gasteiger partial charge on any atom is -0.462 e. The lowest BCUT2D eigenvalue weighted by Gasteiger charge is -2.56. The zero-order chi connectivity index (χ0) is 24.5. The highest BCUT2D eigenvalue weighted by Gasteiger charge is 3.03. The molecule has 1 N–H and O–H groups in total. The Morgan fingerprint density at radius 2 is 1.23 bits per heavy atom. The van der Waals surface area contributed by atoms with Crippen molar-refractivity contribution in [1.29, 1.82) is 0 Å². The third-order valence-electron chi connectivity index (χ3n) is 5.06. The van der Waals surface area contributed by atoms with E-state index in [1.165, 1.54) is 6.92 Å². The Labute approximate surface area is 166 Å². The predicted octanol–water partition coefficient (Wildman–Crippen LogP) is 4.97. The maximum Gasteiger partial charge on any atom is 0.384 e. The van der Waals surface area contributed by atoms with Crippen LogP contribution in [0.3, 0.4) is 0 Å². The van der Waals surface area contributed by atoms with Gasteiger partial charge in [-0.3, -0.25) is 0 Å². The van der Waals surface area contributed by atoms with Crippen molar-refractivity contribution in [1.82, 2.24) is 0 Å². The first-order valence-corrected chi connectivity index (χ1v) is 8.28. The SMILES string of the molecule is CCOC(=O)c1ccccc1C(C)(O)C1(F)C(F)(F)C(F)(F)C(F)(F)C(F)(F)C1(F)F. The Hall–Kier alpha value is -2.12. The molecule has 0 aliphatic heterocycles. The summed E-state index contributed by atoms with van der Waals surface area (Å²) < 4.78 is 159. The molecular weight excluding hydrogens is 461 g/mol. The molecule has 1 aliphatic carbocycles. The second kappa shape index (κ2) is 6.69. The molecular formula is C17H13F11O3. The molecule has 2 rings (SSSR count). The third-order valence-corrected chi connectivity index (χ3v) is 5.06. The highest BCUT2D eigenvalue weighted by Crippen LogP contribution is 2.72. The van der Waals surface area contributed by atoms with Crippen LogP contribution in [0.1, 0.15) is 29.8 Å². The maximum atomic E-state index is 15.4. The first kappa shape index (κ1) is 25.1. The quantitative estimate of drug-likeness (QED) is 0.496. The topological polar surface area (TPSA) is 46.5 Å². The normalized spacial score (nSPS) is 26.5. The van der Waals surface area contributed by atoms with Gasteiger partial charge in [0.1, 0.15) is 5.60 Å². The molecule has 1 aliphatic rings. The summed E-state index contributed by atoms with van der Waals surface area (Å²) in [6.07, 6.45) is 0. The molecule has 0 amide bonds. The summed E-state index contributed by atoms with van der Waals surface area (Å²) in [6, 6.07) is 2.54. The van der Waals surface area contributed by atoms with E-state index in [9.17, 15) is 53.8 Å². The summed E-state index contributed by atoms with van der Waals surface area (Å²) in [5.41, 5.74) is -14.2. The molecule has 0 aromatic heterocycles. The summed E-state index contributed by atoms with van der Waals surface area (Å²) in [4.78, 5) is 11.9. The van der Waals surface area contributed by atoms with Gasteiger partial charge in [-0.15, -0.1) is 0 Å². The van der Waals surface area contributed by atoms with E-state index in [1.54, 1.807) is 0 Å². The molecule has 1 aromatic carbocycles. The Balaban J connectivity index is 2.95. The first-order valence-electron chi connectivity index (χ1n) is 8.28. The van der Waals surface area contributed by atoms with Crippen molar-refractivity contribution in [2.24, 2.45) is 0 Å². The molecule has 1 fully saturated rings. The molecule has 1 atom stereocenters. The number of hydrogen-bond donors (Lipinski definition) is 1. The lowest BCUT2D eigenvalue weighted by atomic mass is 9.62. The van der Waals surface area contributed by atoms with Crippen LogP contribution in [0.15, 0.2) is 24.3 Å². The van der Waals surface area contributed by atoms with Crippen molar-refractivity contribution in [2.45, 2.75) is 54.7 Å². The first-order chi connectivity index (χ1) is 13.7. The van der Waals surface area contributed by atoms with E-state index in [0.29, 0.717) is 12.1 Å². The van der Waals surface area contributed by atoms with Crippen LogP contribution in [-0.2, 0) is 10.3 Å². The average molecular weight is 474 g/mol. The number of carbonyl (C=O) groups excluding carboxylic acids is 1. The lowest BCUT2D eigenvalue weighted by molar-refractivity contribution is -0.502. The predicted molar refractivity (Wildman–Crippen MR) is 80.5 cm³/mol. The molecule has 1 saturated carbocycles. The molecule has 0 saturated heterocycles. The van der Waals surface area contributed by atoms with Gasteiger partial charge in [-0.1, -0.05) is 18.2 Å². The Morgan fingerprint density at radius 1 is 0.839 bits per heavy atom. The molecule has 1 aromatic rings. The van der Waals surface area contributed by atoms with Gasteiger partial charge in [-0.2, -0.15) is 43.9 Å². The number of carbonyl (C=O) groups is 1. The van der Waals surface area contributed by atoms with Crippen LogP contribution in [0.5, 0.6) is 0 Å². The zero-order valence-corrected chi connectivity index (χ0v) is 15.4. The van der Waals surface area contributed by atoms with Crippen molar-refractivity contribution in [3.8, 4) is 0 Å². The standard InChI is InChI=1S/C17H13F11O3/c1-3-31-10(29)8-6-4-5-7-9(8)11(2,30)12(18)13(19,20)15(23,24)17(27,28)16(25,26)14(12,21)22/h4-7,30H,3H2,1-2H3. The van der Waals surface area contributed by atoms with Crippen LogP contribution in [0.4, 0.5) is 48.3 Å². The number of rotatable bonds is 4. The number of aliphatic hydroxyl groups is 1. The molecule has 0 radical (unpaired) electrons. The van der Waals surface area contributed by atoms with E-state index in [0.717, 1.165) is 12.1 Å². The highest BCUT2D eigenvalue weighted by atomic mass is 19.4. The summed E-state index contributed by atoms with van der Waals surface area (Å²) in [7, 11) is 0. The molecule has 0 spiro atoms. The molecule has 0 bridgehead atoms. The molecule has 1 unspecified atom stereocenters. The number of esters is 1. The second-order valence-corrected chi connectivity index (χ2v) is 6.87. The molecule has 14 heteroatoms. The van der Waals surface area contributed by atoms with Crippen molar-refractivity contribution in [3.63, 3.8) is 0 Å². The summed E-state index contributed by atoms with van der Waals surface area (Å²) in [5, 5.41) is 10.3. The van der Waals surface area contributed by atoms with E-state index in [-0.39, 0.29) is 6.92 Å². The van der Waals surface area contributed by atoms with Crippen LogP contribution in [0.25, 0.3) is 0 Å². The Kier molecular flexibility index (Phi) is 5.42. The zero-order valence-electron chi connectivity index (χ0n) is 15.4. The Bertz CT molecular complexity index is 850. The fraction of sp³-hybridized carbons (Fsp3) is 0.588. The van der Waals surface area contributed by atoms with Crippen molar-refractivity contribution < 1.29 is 62.9 Å². The van der Waals surface area contributed by atoms with Gasteiger partial charge in [0, 0.05) is 5.56 Å². The van der Waals surface area contributed by atoms with Crippen LogP contribution in [-0.4, -0.2) is 53.0 Å². The summed E-state index contributed by atoms with van der Waals surface area (Å²) in [5.74, 6) is -38.3. The van der Waals surface area contributed by atoms with Gasteiger partial charge >= 0.3 is 35.6 Å². The Morgan fingerprint density at radius 3 is 1.65 bits per heavy atom. The van der Waals surface area contributed by atoms with Crippen molar-refractivity contribution in [2.75, 3.05) is 6.61 Å². The van der Waals surface area contributed by atoms with E-state index in [1.807, 2.05) is 0 Å². The van der Waals surface area contributed by atoms with Gasteiger partial charge < -0.3 is 9.84 Å². The molecule has 31 heavy (non-hydrogen) atoms. The van der Waals surface area contributed by atoms with Gasteiger partial charge in [0.15, 0.2) is 0 Å². The molecule has 0 heterocycles. The van der Waals surface area contributed by atoms with Crippen molar-refractivity contribution in [3.05, 3.63) is 35.4 Å². The highest BCUT2D eigenvalue weighted by molar-refractivity contribution is 5.91. The van der Waals surface area contributed by atoms with Crippen LogP contribution < -0.4 is 0 Å². The summed E-state index contributed by atoms with van der Waals surface area (Å²) >= 11 is 0. The van der Waals surface area contributed by atoms with Gasteiger partial charge in [0.25, 0.3) is 5.67 Å². The number of benzene rings is 1. The van der Waals surface area contributed by atoms with E-state index in [4.69, 9.17) is 0 Å². The van der Waals surface area contributed by atoms with Gasteiger partial charge in [-0.05, 0) is 19.9 Å². The monoisotopic (exact) mass is 474 g/mol. The minimum atomic E-state index is -7.42. The number of hydrogen-bond acceptors (Lipinski definition) is 3. The van der Waals surface area contributed by atoms with E-state index in [2.05, 4.69) is 4.74 Å². The van der Waals surface area contributed by atoms with Gasteiger partial charge in [0.05, 0.1) is 12.2 Å². The molecule has 176 valence electrons. The minimum absolute atomic E-state index is 0.308. The fourth-order valence-corrected chi connectivity index (χ4v) is 3.31. The van der Waals surface area contributed by atoms with Crippen LogP contribution >= 0.6 is 0 Å². The molecule has 3 nitrogen and oxygen atoms in total. The fourth-order valence-electron chi connectivity index (χ4n) is 3.31. The lowest BCUT2D eigenvalue weighted by Crippen LogP contribution is -2.87. The largest absolute Gasteiger partial charge is 0.462 e. The van der Waals surface area contributed by atoms with Crippen LogP contribution in [0, 0.1) is 0 Å². The number of alkyl halides is 11. The summed E-state index contributed by atoms with van der Waals surface area (Å²) in [6.45, 7) is 0.440. The second-order valence-electron chi connectivity index (χ2n) is 6.87. The van der Waals surface area contributed by atoms with E-state index >= 15 is 4.39 Å². The van der Waals surface area contributed by atoms with Gasteiger partial charge in [0.2, 0.25) is 0 Å². The maximum absolute atomic E-state index is 15.4. The number of halogens is 11. The van der Waals surface area contributed by atoms with Gasteiger partial charge in [-0.25, -0.2) is 9.18 Å². The average Bonchev–Trinajstić information content (AvgIpc) is 2.65. The van der Waals surface area contributed by atoms with E-state index < -0.39 is 64.6 Å². The van der Waals surface area contributed by atoms with Crippen molar-refractivity contribution >= 4 is 5.97 Å². The van der Waals surface area contributed by atoms with Crippen LogP contribution in [0.2, 0.25) is 0 Å². The smallest absolute Gasteiger partial charge is 0.384 e.